The number of benzene rings is 1. The van der Waals surface area contributed by atoms with Gasteiger partial charge in [0.2, 0.25) is 15.9 Å². The first-order valence-corrected chi connectivity index (χ1v) is 7.00. The van der Waals surface area contributed by atoms with Crippen LogP contribution in [0.3, 0.4) is 0 Å². The minimum atomic E-state index is -3.31. The molecule has 0 heterocycles. The standard InChI is InChI=1S/C11H15FN2O3S/c1-13-18(16,17)7-6-14-11(15)8-9-2-4-10(12)5-3-9/h2-5,13H,6-8H2,1H3,(H,14,15). The second-order valence-electron chi connectivity index (χ2n) is 3.68. The molecule has 0 aliphatic rings. The quantitative estimate of drug-likeness (QED) is 0.768. The van der Waals surface area contributed by atoms with Crippen LogP contribution in [0.25, 0.3) is 0 Å². The van der Waals surface area contributed by atoms with Crippen LogP contribution in [0.15, 0.2) is 24.3 Å². The highest BCUT2D eigenvalue weighted by molar-refractivity contribution is 7.89. The summed E-state index contributed by atoms with van der Waals surface area (Å²) in [4.78, 5) is 11.5. The van der Waals surface area contributed by atoms with E-state index in [1.807, 2.05) is 0 Å². The molecule has 0 radical (unpaired) electrons. The van der Waals surface area contributed by atoms with E-state index in [1.54, 1.807) is 0 Å². The van der Waals surface area contributed by atoms with Gasteiger partial charge in [0.25, 0.3) is 0 Å². The third kappa shape index (κ3) is 5.24. The van der Waals surface area contributed by atoms with Crippen molar-refractivity contribution in [3.05, 3.63) is 35.6 Å². The third-order valence-corrected chi connectivity index (χ3v) is 3.65. The Hall–Kier alpha value is -1.47. The number of rotatable bonds is 6. The summed E-state index contributed by atoms with van der Waals surface area (Å²) in [6.07, 6.45) is 0.0971. The fourth-order valence-electron chi connectivity index (χ4n) is 1.28. The van der Waals surface area contributed by atoms with E-state index in [2.05, 4.69) is 10.0 Å². The third-order valence-electron chi connectivity index (χ3n) is 2.28. The first-order chi connectivity index (χ1) is 8.43. The Bertz CT molecular complexity index is 500. The highest BCUT2D eigenvalue weighted by Crippen LogP contribution is 2.03. The molecule has 2 N–H and O–H groups in total. The lowest BCUT2D eigenvalue weighted by atomic mass is 10.1. The molecular weight excluding hydrogens is 259 g/mol. The summed E-state index contributed by atoms with van der Waals surface area (Å²) in [5, 5.41) is 2.48. The summed E-state index contributed by atoms with van der Waals surface area (Å²) >= 11 is 0. The molecule has 1 aromatic carbocycles. The van der Waals surface area contributed by atoms with Crippen LogP contribution >= 0.6 is 0 Å². The van der Waals surface area contributed by atoms with Gasteiger partial charge in [-0.1, -0.05) is 12.1 Å². The van der Waals surface area contributed by atoms with E-state index in [1.165, 1.54) is 31.3 Å². The van der Waals surface area contributed by atoms with Crippen LogP contribution in [0.4, 0.5) is 4.39 Å². The van der Waals surface area contributed by atoms with Gasteiger partial charge in [0.15, 0.2) is 0 Å². The van der Waals surface area contributed by atoms with E-state index in [4.69, 9.17) is 0 Å². The molecule has 1 aromatic rings. The number of carbonyl (C=O) groups excluding carboxylic acids is 1. The average molecular weight is 274 g/mol. The molecule has 0 aromatic heterocycles. The Labute approximate surface area is 105 Å². The number of sulfonamides is 1. The van der Waals surface area contributed by atoms with Crippen LogP contribution in [-0.2, 0) is 21.2 Å². The number of amides is 1. The average Bonchev–Trinajstić information content (AvgIpc) is 2.32. The molecule has 0 aliphatic heterocycles. The van der Waals surface area contributed by atoms with Crippen molar-refractivity contribution in [1.29, 1.82) is 0 Å². The Balaban J connectivity index is 2.36. The van der Waals surface area contributed by atoms with Crippen molar-refractivity contribution < 1.29 is 17.6 Å². The van der Waals surface area contributed by atoms with Gasteiger partial charge in [0, 0.05) is 6.54 Å². The maximum atomic E-state index is 12.6. The number of hydrogen-bond donors (Lipinski definition) is 2. The molecule has 0 bridgehead atoms. The molecule has 1 rings (SSSR count). The largest absolute Gasteiger partial charge is 0.355 e. The summed E-state index contributed by atoms with van der Waals surface area (Å²) in [7, 11) is -1.99. The molecule has 7 heteroatoms. The first kappa shape index (κ1) is 14.6. The topological polar surface area (TPSA) is 75.3 Å². The smallest absolute Gasteiger partial charge is 0.224 e. The van der Waals surface area contributed by atoms with Gasteiger partial charge in [0.05, 0.1) is 12.2 Å². The molecule has 0 atom stereocenters. The molecule has 0 fully saturated rings. The molecule has 0 saturated heterocycles. The summed E-state index contributed by atoms with van der Waals surface area (Å²) in [5.41, 5.74) is 0.672. The fourth-order valence-corrected chi connectivity index (χ4v) is 1.85. The summed E-state index contributed by atoms with van der Waals surface area (Å²) in [5.74, 6) is -0.828. The molecule has 1 amide bonds. The monoisotopic (exact) mass is 274 g/mol. The van der Waals surface area contributed by atoms with Crippen molar-refractivity contribution in [2.45, 2.75) is 6.42 Å². The number of hydrogen-bond acceptors (Lipinski definition) is 3. The van der Waals surface area contributed by atoms with Gasteiger partial charge >= 0.3 is 0 Å². The molecule has 18 heavy (non-hydrogen) atoms. The van der Waals surface area contributed by atoms with Crippen LogP contribution in [0, 0.1) is 5.82 Å². The fraction of sp³-hybridized carbons (Fsp3) is 0.364. The van der Waals surface area contributed by atoms with E-state index in [0.29, 0.717) is 5.56 Å². The molecule has 0 saturated carbocycles. The van der Waals surface area contributed by atoms with Crippen LogP contribution in [-0.4, -0.2) is 33.7 Å². The molecule has 5 nitrogen and oxygen atoms in total. The van der Waals surface area contributed by atoms with E-state index < -0.39 is 10.0 Å². The number of carbonyl (C=O) groups is 1. The summed E-state index contributed by atoms with van der Waals surface area (Å²) in [6.45, 7) is 0.0448. The van der Waals surface area contributed by atoms with Crippen molar-refractivity contribution in [2.24, 2.45) is 0 Å². The SMILES string of the molecule is CNS(=O)(=O)CCNC(=O)Cc1ccc(F)cc1. The molecule has 0 aliphatic carbocycles. The van der Waals surface area contributed by atoms with E-state index in [0.717, 1.165) is 0 Å². The second kappa shape index (κ2) is 6.46. The van der Waals surface area contributed by atoms with Crippen molar-refractivity contribution in [3.8, 4) is 0 Å². The Morgan fingerprint density at radius 3 is 2.44 bits per heavy atom. The number of halogens is 1. The minimum absolute atomic E-state index is 0.0448. The highest BCUT2D eigenvalue weighted by atomic mass is 32.2. The predicted octanol–water partition coefficient (Wildman–Crippen LogP) is 0.0336. The molecular formula is C11H15FN2O3S. The van der Waals surface area contributed by atoms with E-state index in [9.17, 15) is 17.6 Å². The van der Waals surface area contributed by atoms with Gasteiger partial charge in [-0.15, -0.1) is 0 Å². The maximum Gasteiger partial charge on any atom is 0.224 e. The van der Waals surface area contributed by atoms with E-state index >= 15 is 0 Å². The first-order valence-electron chi connectivity index (χ1n) is 5.35. The zero-order chi connectivity index (χ0) is 13.6. The lowest BCUT2D eigenvalue weighted by Gasteiger charge is -2.05. The van der Waals surface area contributed by atoms with Crippen molar-refractivity contribution in [1.82, 2.24) is 10.0 Å². The highest BCUT2D eigenvalue weighted by Gasteiger charge is 2.08. The Morgan fingerprint density at radius 1 is 1.28 bits per heavy atom. The molecule has 0 unspecified atom stereocenters. The molecule has 0 spiro atoms. The summed E-state index contributed by atoms with van der Waals surface area (Å²) in [6, 6.07) is 5.57. The van der Waals surface area contributed by atoms with Crippen LogP contribution in [0.1, 0.15) is 5.56 Å². The minimum Gasteiger partial charge on any atom is -0.355 e. The van der Waals surface area contributed by atoms with Gasteiger partial charge in [-0.2, -0.15) is 0 Å². The van der Waals surface area contributed by atoms with Crippen LogP contribution in [0.5, 0.6) is 0 Å². The van der Waals surface area contributed by atoms with Gasteiger partial charge in [-0.05, 0) is 24.7 Å². The lowest BCUT2D eigenvalue weighted by Crippen LogP contribution is -2.33. The Kier molecular flexibility index (Phi) is 5.24. The van der Waals surface area contributed by atoms with Gasteiger partial charge in [-0.25, -0.2) is 17.5 Å². The lowest BCUT2D eigenvalue weighted by molar-refractivity contribution is -0.120. The van der Waals surface area contributed by atoms with Crippen LogP contribution in [0.2, 0.25) is 0 Å². The summed E-state index contributed by atoms with van der Waals surface area (Å²) < 4.78 is 36.9. The van der Waals surface area contributed by atoms with Crippen molar-refractivity contribution in [2.75, 3.05) is 19.3 Å². The number of nitrogens with one attached hydrogen (secondary N) is 2. The van der Waals surface area contributed by atoms with Crippen LogP contribution < -0.4 is 10.0 Å². The maximum absolute atomic E-state index is 12.6. The van der Waals surface area contributed by atoms with E-state index in [-0.39, 0.29) is 30.4 Å². The van der Waals surface area contributed by atoms with Gasteiger partial charge in [0.1, 0.15) is 5.82 Å². The zero-order valence-electron chi connectivity index (χ0n) is 9.94. The van der Waals surface area contributed by atoms with Gasteiger partial charge in [-0.3, -0.25) is 4.79 Å². The van der Waals surface area contributed by atoms with Gasteiger partial charge < -0.3 is 5.32 Å². The zero-order valence-corrected chi connectivity index (χ0v) is 10.8. The van der Waals surface area contributed by atoms with Crippen molar-refractivity contribution >= 4 is 15.9 Å². The van der Waals surface area contributed by atoms with Crippen molar-refractivity contribution in [3.63, 3.8) is 0 Å². The predicted molar refractivity (Wildman–Crippen MR) is 66.0 cm³/mol. The normalized spacial score (nSPS) is 11.2. The second-order valence-corrected chi connectivity index (χ2v) is 5.72. The molecule has 100 valence electrons. The Morgan fingerprint density at radius 2 is 1.89 bits per heavy atom.